The number of allylic oxidation sites excluding steroid dienone is 2. The van der Waals surface area contributed by atoms with Crippen molar-refractivity contribution in [3.8, 4) is 11.5 Å². The number of para-hydroxylation sites is 1. The topological polar surface area (TPSA) is 84.9 Å². The number of carbonyl (C=O) groups is 2. The number of amides is 1. The molecule has 0 saturated heterocycles. The molecule has 0 saturated carbocycles. The molecule has 2 aromatic carbocycles. The van der Waals surface area contributed by atoms with Gasteiger partial charge in [0.25, 0.3) is 0 Å². The van der Waals surface area contributed by atoms with Crippen LogP contribution in [0.2, 0.25) is 0 Å². The molecule has 0 bridgehead atoms. The molecule has 2 N–H and O–H groups in total. The van der Waals surface area contributed by atoms with Crippen LogP contribution in [0.5, 0.6) is 11.5 Å². The SMILES string of the molecule is COc1cc(/C=C/C(=O)Nc2ccccc2C(=O)O)ccc1OCC1CC=CCC1. The Labute approximate surface area is 175 Å². The zero-order valence-electron chi connectivity index (χ0n) is 16.8. The Bertz CT molecular complexity index is 964. The van der Waals surface area contributed by atoms with E-state index in [9.17, 15) is 14.7 Å². The second-order valence-corrected chi connectivity index (χ2v) is 7.05. The summed E-state index contributed by atoms with van der Waals surface area (Å²) in [6.07, 6.45) is 10.6. The zero-order valence-corrected chi connectivity index (χ0v) is 16.8. The van der Waals surface area contributed by atoms with Crippen molar-refractivity contribution in [3.05, 3.63) is 71.8 Å². The number of anilines is 1. The van der Waals surface area contributed by atoms with Gasteiger partial charge in [0, 0.05) is 6.08 Å². The Hall–Kier alpha value is -3.54. The lowest BCUT2D eigenvalue weighted by atomic mass is 9.95. The van der Waals surface area contributed by atoms with Crippen molar-refractivity contribution in [3.63, 3.8) is 0 Å². The van der Waals surface area contributed by atoms with Crippen LogP contribution in [0.25, 0.3) is 6.08 Å². The molecule has 156 valence electrons. The molecular formula is C24H25NO5. The number of methoxy groups -OCH3 is 1. The van der Waals surface area contributed by atoms with Crippen LogP contribution in [0, 0.1) is 5.92 Å². The average molecular weight is 407 g/mol. The van der Waals surface area contributed by atoms with E-state index in [4.69, 9.17) is 9.47 Å². The molecule has 6 heteroatoms. The predicted octanol–water partition coefficient (Wildman–Crippen LogP) is 4.78. The maximum absolute atomic E-state index is 12.2. The number of carboxylic acid groups (broad SMARTS) is 1. The van der Waals surface area contributed by atoms with Crippen LogP contribution < -0.4 is 14.8 Å². The van der Waals surface area contributed by atoms with Gasteiger partial charge >= 0.3 is 5.97 Å². The molecule has 30 heavy (non-hydrogen) atoms. The van der Waals surface area contributed by atoms with Crippen LogP contribution in [0.15, 0.2) is 60.7 Å². The number of hydrogen-bond donors (Lipinski definition) is 2. The van der Waals surface area contributed by atoms with Crippen molar-refractivity contribution in [2.75, 3.05) is 19.0 Å². The summed E-state index contributed by atoms with van der Waals surface area (Å²) in [5.41, 5.74) is 1.05. The maximum Gasteiger partial charge on any atom is 0.337 e. The fourth-order valence-corrected chi connectivity index (χ4v) is 3.25. The molecule has 6 nitrogen and oxygen atoms in total. The summed E-state index contributed by atoms with van der Waals surface area (Å²) in [6, 6.07) is 11.7. The Morgan fingerprint density at radius 1 is 1.17 bits per heavy atom. The van der Waals surface area contributed by atoms with Gasteiger partial charge in [-0.3, -0.25) is 4.79 Å². The molecule has 0 fully saturated rings. The smallest absolute Gasteiger partial charge is 0.337 e. The summed E-state index contributed by atoms with van der Waals surface area (Å²) in [4.78, 5) is 23.4. The van der Waals surface area contributed by atoms with E-state index in [1.54, 1.807) is 37.5 Å². The Morgan fingerprint density at radius 3 is 2.73 bits per heavy atom. The van der Waals surface area contributed by atoms with Gasteiger partial charge in [-0.05, 0) is 61.1 Å². The molecule has 0 aliphatic heterocycles. The van der Waals surface area contributed by atoms with Gasteiger partial charge < -0.3 is 19.9 Å². The van der Waals surface area contributed by atoms with E-state index < -0.39 is 11.9 Å². The summed E-state index contributed by atoms with van der Waals surface area (Å²) >= 11 is 0. The largest absolute Gasteiger partial charge is 0.493 e. The second-order valence-electron chi connectivity index (χ2n) is 7.05. The molecule has 2 aromatic rings. The van der Waals surface area contributed by atoms with Crippen molar-refractivity contribution >= 4 is 23.6 Å². The number of benzene rings is 2. The third kappa shape index (κ3) is 5.73. The Balaban J connectivity index is 1.63. The average Bonchev–Trinajstić information content (AvgIpc) is 2.77. The molecule has 0 heterocycles. The van der Waals surface area contributed by atoms with E-state index in [-0.39, 0.29) is 11.3 Å². The van der Waals surface area contributed by atoms with Gasteiger partial charge in [0.05, 0.1) is 25.0 Å². The van der Waals surface area contributed by atoms with Gasteiger partial charge in [-0.2, -0.15) is 0 Å². The van der Waals surface area contributed by atoms with Gasteiger partial charge in [0.1, 0.15) is 0 Å². The lowest BCUT2D eigenvalue weighted by Gasteiger charge is -2.19. The number of carbonyl (C=O) groups excluding carboxylic acids is 1. The standard InChI is InChI=1S/C24H25NO5/c1-29-22-15-17(11-13-21(22)30-16-18-7-3-2-4-8-18)12-14-23(26)25-20-10-6-5-9-19(20)24(27)28/h2-3,5-6,9-15,18H,4,7-8,16H2,1H3,(H,25,26)(H,27,28)/b14-12+. The van der Waals surface area contributed by atoms with Crippen LogP contribution in [-0.2, 0) is 4.79 Å². The summed E-state index contributed by atoms with van der Waals surface area (Å²) in [6.45, 7) is 0.640. The summed E-state index contributed by atoms with van der Waals surface area (Å²) in [5.74, 6) is 0.258. The first-order valence-corrected chi connectivity index (χ1v) is 9.84. The van der Waals surface area contributed by atoms with E-state index in [0.717, 1.165) is 24.8 Å². The highest BCUT2D eigenvalue weighted by Crippen LogP contribution is 2.30. The van der Waals surface area contributed by atoms with Gasteiger partial charge in [-0.15, -0.1) is 0 Å². The van der Waals surface area contributed by atoms with E-state index in [0.29, 0.717) is 24.0 Å². The second kappa shape index (κ2) is 10.3. The molecule has 0 aromatic heterocycles. The quantitative estimate of drug-likeness (QED) is 0.486. The highest BCUT2D eigenvalue weighted by molar-refractivity contribution is 6.06. The molecular weight excluding hydrogens is 382 g/mol. The number of hydrogen-bond acceptors (Lipinski definition) is 4. The Morgan fingerprint density at radius 2 is 2.00 bits per heavy atom. The first kappa shape index (κ1) is 21.2. The molecule has 0 radical (unpaired) electrons. The monoisotopic (exact) mass is 407 g/mol. The minimum Gasteiger partial charge on any atom is -0.493 e. The lowest BCUT2D eigenvalue weighted by molar-refractivity contribution is -0.111. The predicted molar refractivity (Wildman–Crippen MR) is 116 cm³/mol. The number of carboxylic acids is 1. The highest BCUT2D eigenvalue weighted by atomic mass is 16.5. The zero-order chi connectivity index (χ0) is 21.3. The number of rotatable bonds is 8. The van der Waals surface area contributed by atoms with Gasteiger partial charge in [0.2, 0.25) is 5.91 Å². The van der Waals surface area contributed by atoms with E-state index in [1.807, 2.05) is 12.1 Å². The number of aromatic carboxylic acids is 1. The van der Waals surface area contributed by atoms with Gasteiger partial charge in [0.15, 0.2) is 11.5 Å². The van der Waals surface area contributed by atoms with E-state index >= 15 is 0 Å². The first-order chi connectivity index (χ1) is 14.6. The van der Waals surface area contributed by atoms with Crippen LogP contribution in [-0.4, -0.2) is 30.7 Å². The molecule has 3 rings (SSSR count). The number of ether oxygens (including phenoxy) is 2. The molecule has 1 unspecified atom stereocenters. The van der Waals surface area contributed by atoms with Crippen LogP contribution >= 0.6 is 0 Å². The Kier molecular flexibility index (Phi) is 7.27. The van der Waals surface area contributed by atoms with E-state index in [1.165, 1.54) is 12.1 Å². The third-order valence-corrected chi connectivity index (χ3v) is 4.88. The van der Waals surface area contributed by atoms with Crippen LogP contribution in [0.1, 0.15) is 35.2 Å². The fraction of sp³-hybridized carbons (Fsp3) is 0.250. The molecule has 1 atom stereocenters. The molecule has 0 spiro atoms. The van der Waals surface area contributed by atoms with Crippen molar-refractivity contribution in [1.82, 2.24) is 0 Å². The van der Waals surface area contributed by atoms with Crippen LogP contribution in [0.4, 0.5) is 5.69 Å². The maximum atomic E-state index is 12.2. The van der Waals surface area contributed by atoms with Crippen molar-refractivity contribution < 1.29 is 24.2 Å². The number of nitrogens with one attached hydrogen (secondary N) is 1. The fourth-order valence-electron chi connectivity index (χ4n) is 3.25. The summed E-state index contributed by atoms with van der Waals surface area (Å²) in [7, 11) is 1.58. The van der Waals surface area contributed by atoms with Gasteiger partial charge in [-0.25, -0.2) is 4.79 Å². The highest BCUT2D eigenvalue weighted by Gasteiger charge is 2.13. The van der Waals surface area contributed by atoms with Crippen molar-refractivity contribution in [2.24, 2.45) is 5.92 Å². The van der Waals surface area contributed by atoms with Crippen molar-refractivity contribution in [1.29, 1.82) is 0 Å². The van der Waals surface area contributed by atoms with E-state index in [2.05, 4.69) is 17.5 Å². The minimum absolute atomic E-state index is 0.0378. The summed E-state index contributed by atoms with van der Waals surface area (Å²) in [5, 5.41) is 11.8. The first-order valence-electron chi connectivity index (χ1n) is 9.84. The molecule has 1 aliphatic rings. The molecule has 1 amide bonds. The lowest BCUT2D eigenvalue weighted by Crippen LogP contribution is -2.13. The third-order valence-electron chi connectivity index (χ3n) is 4.88. The minimum atomic E-state index is -1.10. The van der Waals surface area contributed by atoms with Crippen LogP contribution in [0.3, 0.4) is 0 Å². The summed E-state index contributed by atoms with van der Waals surface area (Å²) < 4.78 is 11.4. The van der Waals surface area contributed by atoms with Gasteiger partial charge in [-0.1, -0.05) is 30.4 Å². The van der Waals surface area contributed by atoms with Crippen molar-refractivity contribution in [2.45, 2.75) is 19.3 Å². The normalized spacial score (nSPS) is 15.7. The molecule has 1 aliphatic carbocycles.